The molecule has 1 aromatic heterocycles. The topological polar surface area (TPSA) is 53.4 Å². The molecule has 1 N–H and O–H groups in total. The van der Waals surface area contributed by atoms with Gasteiger partial charge in [0.15, 0.2) is 0 Å². The summed E-state index contributed by atoms with van der Waals surface area (Å²) in [6.45, 7) is 5.48. The first-order valence-electron chi connectivity index (χ1n) is 5.96. The fourth-order valence-corrected chi connectivity index (χ4v) is 2.43. The molecule has 92 valence electrons. The second-order valence-electron chi connectivity index (χ2n) is 4.83. The van der Waals surface area contributed by atoms with Gasteiger partial charge in [0.25, 0.3) is 0 Å². The van der Waals surface area contributed by atoms with Gasteiger partial charge in [-0.3, -0.25) is 14.7 Å². The van der Waals surface area contributed by atoms with Gasteiger partial charge in [-0.15, -0.1) is 0 Å². The van der Waals surface area contributed by atoms with Crippen molar-refractivity contribution in [1.29, 1.82) is 0 Å². The van der Waals surface area contributed by atoms with E-state index >= 15 is 0 Å². The van der Waals surface area contributed by atoms with Crippen molar-refractivity contribution >= 4 is 5.97 Å². The molecule has 1 aliphatic rings. The van der Waals surface area contributed by atoms with Crippen molar-refractivity contribution in [1.82, 2.24) is 9.88 Å². The molecule has 17 heavy (non-hydrogen) atoms. The lowest BCUT2D eigenvalue weighted by Crippen LogP contribution is -2.38. The Morgan fingerprint density at radius 3 is 2.94 bits per heavy atom. The Balaban J connectivity index is 2.08. The van der Waals surface area contributed by atoms with Crippen LogP contribution in [0.15, 0.2) is 18.3 Å². The van der Waals surface area contributed by atoms with E-state index in [-0.39, 0.29) is 12.0 Å². The lowest BCUT2D eigenvalue weighted by atomic mass is 10.0. The molecule has 2 unspecified atom stereocenters. The normalized spacial score (nSPS) is 25.1. The minimum absolute atomic E-state index is 0.228. The third-order valence-corrected chi connectivity index (χ3v) is 3.42. The van der Waals surface area contributed by atoms with Gasteiger partial charge in [-0.1, -0.05) is 13.0 Å². The zero-order valence-corrected chi connectivity index (χ0v) is 10.3. The summed E-state index contributed by atoms with van der Waals surface area (Å²) in [6.07, 6.45) is 2.79. The van der Waals surface area contributed by atoms with Crippen molar-refractivity contribution in [2.45, 2.75) is 32.9 Å². The third-order valence-electron chi connectivity index (χ3n) is 3.42. The van der Waals surface area contributed by atoms with E-state index in [2.05, 4.69) is 4.98 Å². The number of aromatic nitrogens is 1. The molecule has 0 radical (unpaired) electrons. The zero-order valence-electron chi connectivity index (χ0n) is 10.3. The molecule has 1 fully saturated rings. The van der Waals surface area contributed by atoms with Crippen LogP contribution in [0.25, 0.3) is 0 Å². The molecule has 2 heterocycles. The van der Waals surface area contributed by atoms with Crippen LogP contribution in [0.3, 0.4) is 0 Å². The monoisotopic (exact) mass is 234 g/mol. The van der Waals surface area contributed by atoms with Gasteiger partial charge in [0.1, 0.15) is 6.04 Å². The summed E-state index contributed by atoms with van der Waals surface area (Å²) in [5, 5.41) is 9.22. The first-order valence-corrected chi connectivity index (χ1v) is 5.96. The number of hydrogen-bond acceptors (Lipinski definition) is 3. The minimum Gasteiger partial charge on any atom is -0.480 e. The van der Waals surface area contributed by atoms with Gasteiger partial charge in [0.2, 0.25) is 0 Å². The Morgan fingerprint density at radius 1 is 1.59 bits per heavy atom. The zero-order chi connectivity index (χ0) is 12.4. The Kier molecular flexibility index (Phi) is 3.43. The lowest BCUT2D eigenvalue weighted by Gasteiger charge is -2.22. The number of nitrogens with zero attached hydrogens (tertiary/aromatic N) is 2. The number of carbonyl (C=O) groups is 1. The smallest absolute Gasteiger partial charge is 0.321 e. The van der Waals surface area contributed by atoms with Crippen LogP contribution < -0.4 is 0 Å². The number of aryl methyl sites for hydroxylation is 1. The third kappa shape index (κ3) is 2.64. The molecule has 4 heteroatoms. The largest absolute Gasteiger partial charge is 0.480 e. The van der Waals surface area contributed by atoms with Crippen LogP contribution in [0, 0.1) is 12.8 Å². The molecule has 0 aromatic carbocycles. The Morgan fingerprint density at radius 2 is 2.35 bits per heavy atom. The molecule has 2 atom stereocenters. The summed E-state index contributed by atoms with van der Waals surface area (Å²) in [6, 6.07) is 3.63. The minimum atomic E-state index is -0.713. The Hall–Kier alpha value is -1.42. The van der Waals surface area contributed by atoms with E-state index in [1.54, 1.807) is 0 Å². The number of likely N-dealkylation sites (tertiary alicyclic amines) is 1. The first-order chi connectivity index (χ1) is 8.08. The number of pyridine rings is 1. The molecule has 0 amide bonds. The van der Waals surface area contributed by atoms with Gasteiger partial charge < -0.3 is 5.11 Å². The van der Waals surface area contributed by atoms with Crippen LogP contribution in [0.2, 0.25) is 0 Å². The van der Waals surface area contributed by atoms with Gasteiger partial charge in [0.05, 0.1) is 0 Å². The van der Waals surface area contributed by atoms with Crippen LogP contribution in [0.5, 0.6) is 0 Å². The SMILES string of the molecule is Cc1ccc(CN2CCC(C)C2C(=O)O)cn1. The summed E-state index contributed by atoms with van der Waals surface area (Å²) >= 11 is 0. The standard InChI is InChI=1S/C13H18N2O2/c1-9-5-6-15(12(9)13(16)17)8-11-4-3-10(2)14-7-11/h3-4,7,9,12H,5-6,8H2,1-2H3,(H,16,17). The van der Waals surface area contributed by atoms with Crippen molar-refractivity contribution < 1.29 is 9.90 Å². The van der Waals surface area contributed by atoms with E-state index in [1.165, 1.54) is 0 Å². The Labute approximate surface area is 101 Å². The second kappa shape index (κ2) is 4.84. The molecule has 0 saturated carbocycles. The van der Waals surface area contributed by atoms with Crippen molar-refractivity contribution in [3.05, 3.63) is 29.6 Å². The summed E-state index contributed by atoms with van der Waals surface area (Å²) in [7, 11) is 0. The quantitative estimate of drug-likeness (QED) is 0.864. The first kappa shape index (κ1) is 12.0. The number of carboxylic acids is 1. The van der Waals surface area contributed by atoms with Crippen LogP contribution in [0.4, 0.5) is 0 Å². The van der Waals surface area contributed by atoms with Gasteiger partial charge in [-0.25, -0.2) is 0 Å². The van der Waals surface area contributed by atoms with Gasteiger partial charge in [-0.2, -0.15) is 0 Å². The summed E-state index contributed by atoms with van der Waals surface area (Å²) < 4.78 is 0. The van der Waals surface area contributed by atoms with Crippen LogP contribution in [-0.2, 0) is 11.3 Å². The highest BCUT2D eigenvalue weighted by atomic mass is 16.4. The highest BCUT2D eigenvalue weighted by Gasteiger charge is 2.36. The van der Waals surface area contributed by atoms with E-state index in [0.717, 1.165) is 24.2 Å². The predicted molar refractivity (Wildman–Crippen MR) is 64.6 cm³/mol. The molecule has 0 aliphatic carbocycles. The average Bonchev–Trinajstić information content (AvgIpc) is 2.63. The predicted octanol–water partition coefficient (Wildman–Crippen LogP) is 1.69. The van der Waals surface area contributed by atoms with Crippen molar-refractivity contribution in [3.63, 3.8) is 0 Å². The lowest BCUT2D eigenvalue weighted by molar-refractivity contribution is -0.143. The summed E-state index contributed by atoms with van der Waals surface area (Å²) in [5.74, 6) is -0.485. The number of rotatable bonds is 3. The number of hydrogen-bond donors (Lipinski definition) is 1. The average molecular weight is 234 g/mol. The van der Waals surface area contributed by atoms with Gasteiger partial charge in [-0.05, 0) is 37.4 Å². The molecule has 1 aromatic rings. The maximum atomic E-state index is 11.2. The molecule has 2 rings (SSSR count). The molecule has 0 spiro atoms. The maximum absolute atomic E-state index is 11.2. The van der Waals surface area contributed by atoms with Crippen LogP contribution in [-0.4, -0.2) is 33.5 Å². The maximum Gasteiger partial charge on any atom is 0.321 e. The van der Waals surface area contributed by atoms with Gasteiger partial charge in [0, 0.05) is 18.4 Å². The van der Waals surface area contributed by atoms with Crippen molar-refractivity contribution in [2.24, 2.45) is 5.92 Å². The van der Waals surface area contributed by atoms with Crippen LogP contribution >= 0.6 is 0 Å². The highest BCUT2D eigenvalue weighted by molar-refractivity contribution is 5.74. The van der Waals surface area contributed by atoms with Crippen molar-refractivity contribution in [2.75, 3.05) is 6.54 Å². The van der Waals surface area contributed by atoms with Crippen LogP contribution in [0.1, 0.15) is 24.6 Å². The van der Waals surface area contributed by atoms with Gasteiger partial charge >= 0.3 is 5.97 Å². The summed E-state index contributed by atoms with van der Waals surface area (Å²) in [4.78, 5) is 17.5. The molecule has 0 bridgehead atoms. The fourth-order valence-electron chi connectivity index (χ4n) is 2.43. The van der Waals surface area contributed by atoms with E-state index < -0.39 is 5.97 Å². The van der Waals surface area contributed by atoms with Crippen molar-refractivity contribution in [3.8, 4) is 0 Å². The highest BCUT2D eigenvalue weighted by Crippen LogP contribution is 2.25. The summed E-state index contributed by atoms with van der Waals surface area (Å²) in [5.41, 5.74) is 2.06. The van der Waals surface area contributed by atoms with E-state index in [1.807, 2.05) is 37.1 Å². The van der Waals surface area contributed by atoms with E-state index in [0.29, 0.717) is 6.54 Å². The second-order valence-corrected chi connectivity index (χ2v) is 4.83. The number of aliphatic carboxylic acids is 1. The molecule has 1 saturated heterocycles. The molecule has 1 aliphatic heterocycles. The van der Waals surface area contributed by atoms with E-state index in [9.17, 15) is 9.90 Å². The fraction of sp³-hybridized carbons (Fsp3) is 0.538. The Bertz CT molecular complexity index is 402. The molecular formula is C13H18N2O2. The molecular weight excluding hydrogens is 216 g/mol. The number of carboxylic acid groups (broad SMARTS) is 1. The molecule has 4 nitrogen and oxygen atoms in total. The van der Waals surface area contributed by atoms with E-state index in [4.69, 9.17) is 0 Å².